The largest absolute Gasteiger partial charge is 0.508 e. The maximum atomic E-state index is 9.41. The van der Waals surface area contributed by atoms with Crippen molar-refractivity contribution >= 4 is 0 Å². The SMILES string of the molecule is Oc1cccc(Oc2cnc(C3CCCCNC3)nc2)c1. The van der Waals surface area contributed by atoms with Crippen molar-refractivity contribution in [2.75, 3.05) is 13.1 Å². The maximum Gasteiger partial charge on any atom is 0.164 e. The van der Waals surface area contributed by atoms with Crippen LogP contribution in [-0.4, -0.2) is 28.2 Å². The van der Waals surface area contributed by atoms with Crippen LogP contribution in [0.4, 0.5) is 0 Å². The Balaban J connectivity index is 1.68. The van der Waals surface area contributed by atoms with Gasteiger partial charge in [0.05, 0.1) is 12.4 Å². The fraction of sp³-hybridized carbons (Fsp3) is 0.375. The van der Waals surface area contributed by atoms with Gasteiger partial charge in [0.25, 0.3) is 0 Å². The third-order valence-corrected chi connectivity index (χ3v) is 3.61. The Bertz CT molecular complexity index is 578. The highest BCUT2D eigenvalue weighted by molar-refractivity contribution is 5.34. The van der Waals surface area contributed by atoms with E-state index in [1.807, 2.05) is 0 Å². The van der Waals surface area contributed by atoms with Crippen molar-refractivity contribution in [2.45, 2.75) is 25.2 Å². The molecular weight excluding hydrogens is 266 g/mol. The molecule has 1 aromatic carbocycles. The van der Waals surface area contributed by atoms with Gasteiger partial charge in [0.1, 0.15) is 17.3 Å². The number of hydrogen-bond donors (Lipinski definition) is 2. The quantitative estimate of drug-likeness (QED) is 0.907. The van der Waals surface area contributed by atoms with Gasteiger partial charge < -0.3 is 15.2 Å². The van der Waals surface area contributed by atoms with Crippen molar-refractivity contribution in [1.82, 2.24) is 15.3 Å². The van der Waals surface area contributed by atoms with Crippen LogP contribution in [0.2, 0.25) is 0 Å². The second-order valence-electron chi connectivity index (χ2n) is 5.27. The summed E-state index contributed by atoms with van der Waals surface area (Å²) in [6.07, 6.45) is 6.94. The van der Waals surface area contributed by atoms with Gasteiger partial charge in [-0.05, 0) is 31.5 Å². The predicted octanol–water partition coefficient (Wildman–Crippen LogP) is 2.83. The van der Waals surface area contributed by atoms with E-state index in [0.717, 1.165) is 25.3 Å². The highest BCUT2D eigenvalue weighted by Crippen LogP contribution is 2.25. The van der Waals surface area contributed by atoms with E-state index in [9.17, 15) is 5.11 Å². The lowest BCUT2D eigenvalue weighted by Gasteiger charge is -2.13. The summed E-state index contributed by atoms with van der Waals surface area (Å²) in [6.45, 7) is 2.02. The Morgan fingerprint density at radius 2 is 2.00 bits per heavy atom. The number of nitrogens with one attached hydrogen (secondary N) is 1. The lowest BCUT2D eigenvalue weighted by atomic mass is 10.0. The molecule has 2 N–H and O–H groups in total. The van der Waals surface area contributed by atoms with Gasteiger partial charge in [0.15, 0.2) is 5.75 Å². The second-order valence-corrected chi connectivity index (χ2v) is 5.27. The molecule has 21 heavy (non-hydrogen) atoms. The number of rotatable bonds is 3. The van der Waals surface area contributed by atoms with E-state index in [4.69, 9.17) is 4.74 Å². The third-order valence-electron chi connectivity index (χ3n) is 3.61. The first kappa shape index (κ1) is 13.8. The molecule has 1 aliphatic rings. The summed E-state index contributed by atoms with van der Waals surface area (Å²) in [4.78, 5) is 8.85. The molecule has 0 spiro atoms. The van der Waals surface area contributed by atoms with Gasteiger partial charge in [0, 0.05) is 18.5 Å². The van der Waals surface area contributed by atoms with Crippen molar-refractivity contribution in [3.8, 4) is 17.2 Å². The number of aromatic hydroxyl groups is 1. The topological polar surface area (TPSA) is 67.3 Å². The second kappa shape index (κ2) is 6.54. The molecule has 110 valence electrons. The van der Waals surface area contributed by atoms with Crippen LogP contribution in [0.15, 0.2) is 36.7 Å². The van der Waals surface area contributed by atoms with Crippen LogP contribution < -0.4 is 10.1 Å². The van der Waals surface area contributed by atoms with Crippen molar-refractivity contribution in [3.63, 3.8) is 0 Å². The van der Waals surface area contributed by atoms with Crippen molar-refractivity contribution in [1.29, 1.82) is 0 Å². The van der Waals surface area contributed by atoms with E-state index in [0.29, 0.717) is 17.4 Å². The van der Waals surface area contributed by atoms with Gasteiger partial charge >= 0.3 is 0 Å². The molecule has 0 saturated carbocycles. The van der Waals surface area contributed by atoms with Crippen molar-refractivity contribution in [3.05, 3.63) is 42.5 Å². The molecule has 3 rings (SSSR count). The van der Waals surface area contributed by atoms with Crippen molar-refractivity contribution < 1.29 is 9.84 Å². The van der Waals surface area contributed by atoms with E-state index in [1.165, 1.54) is 12.8 Å². The van der Waals surface area contributed by atoms with Crippen LogP contribution in [0.25, 0.3) is 0 Å². The Hall–Kier alpha value is -2.14. The lowest BCUT2D eigenvalue weighted by Crippen LogP contribution is -2.20. The van der Waals surface area contributed by atoms with Crippen LogP contribution in [0, 0.1) is 0 Å². The molecule has 0 aliphatic carbocycles. The maximum absolute atomic E-state index is 9.41. The molecule has 1 unspecified atom stereocenters. The third kappa shape index (κ3) is 3.70. The van der Waals surface area contributed by atoms with Crippen LogP contribution in [-0.2, 0) is 0 Å². The Morgan fingerprint density at radius 3 is 2.81 bits per heavy atom. The minimum absolute atomic E-state index is 0.176. The molecule has 0 amide bonds. The van der Waals surface area contributed by atoms with Crippen LogP contribution in [0.5, 0.6) is 17.2 Å². The van der Waals surface area contributed by atoms with Crippen molar-refractivity contribution in [2.24, 2.45) is 0 Å². The number of nitrogens with zero attached hydrogens (tertiary/aromatic N) is 2. The van der Waals surface area contributed by atoms with Crippen LogP contribution >= 0.6 is 0 Å². The molecule has 0 bridgehead atoms. The Morgan fingerprint density at radius 1 is 1.14 bits per heavy atom. The number of benzene rings is 1. The summed E-state index contributed by atoms with van der Waals surface area (Å²) >= 11 is 0. The van der Waals surface area contributed by atoms with Gasteiger partial charge in [-0.2, -0.15) is 0 Å². The summed E-state index contributed by atoms with van der Waals surface area (Å²) in [6, 6.07) is 6.68. The number of hydrogen-bond acceptors (Lipinski definition) is 5. The summed E-state index contributed by atoms with van der Waals surface area (Å²) in [5.41, 5.74) is 0. The summed E-state index contributed by atoms with van der Waals surface area (Å²) in [5.74, 6) is 2.57. The van der Waals surface area contributed by atoms with Gasteiger partial charge in [-0.25, -0.2) is 9.97 Å². The fourth-order valence-corrected chi connectivity index (χ4v) is 2.51. The number of phenols is 1. The molecule has 1 saturated heterocycles. The molecule has 1 fully saturated rings. The first-order chi connectivity index (χ1) is 10.3. The summed E-state index contributed by atoms with van der Waals surface area (Å²) in [5, 5.41) is 12.8. The van der Waals surface area contributed by atoms with E-state index in [1.54, 1.807) is 36.7 Å². The van der Waals surface area contributed by atoms with E-state index in [-0.39, 0.29) is 5.75 Å². The zero-order chi connectivity index (χ0) is 14.5. The normalized spacial score (nSPS) is 19.0. The average molecular weight is 285 g/mol. The highest BCUT2D eigenvalue weighted by atomic mass is 16.5. The van der Waals surface area contributed by atoms with Gasteiger partial charge in [-0.3, -0.25) is 0 Å². The predicted molar refractivity (Wildman–Crippen MR) is 79.7 cm³/mol. The molecule has 2 heterocycles. The van der Waals surface area contributed by atoms with E-state index in [2.05, 4.69) is 15.3 Å². The smallest absolute Gasteiger partial charge is 0.164 e. The number of aromatic nitrogens is 2. The standard InChI is InChI=1S/C16H19N3O2/c20-13-5-3-6-14(8-13)21-15-10-18-16(19-11-15)12-4-1-2-7-17-9-12/h3,5-6,8,10-12,17,20H,1-2,4,7,9H2. The molecule has 1 aromatic heterocycles. The zero-order valence-electron chi connectivity index (χ0n) is 11.8. The first-order valence-corrected chi connectivity index (χ1v) is 7.31. The Kier molecular flexibility index (Phi) is 4.31. The molecule has 5 heteroatoms. The molecule has 0 radical (unpaired) electrons. The molecule has 2 aromatic rings. The summed E-state index contributed by atoms with van der Waals surface area (Å²) in [7, 11) is 0. The minimum Gasteiger partial charge on any atom is -0.508 e. The average Bonchev–Trinajstić information content (AvgIpc) is 2.77. The molecule has 5 nitrogen and oxygen atoms in total. The lowest BCUT2D eigenvalue weighted by molar-refractivity contribution is 0.451. The van der Waals surface area contributed by atoms with E-state index < -0.39 is 0 Å². The first-order valence-electron chi connectivity index (χ1n) is 7.31. The fourth-order valence-electron chi connectivity index (χ4n) is 2.51. The summed E-state index contributed by atoms with van der Waals surface area (Å²) < 4.78 is 5.63. The minimum atomic E-state index is 0.176. The van der Waals surface area contributed by atoms with Gasteiger partial charge in [-0.15, -0.1) is 0 Å². The van der Waals surface area contributed by atoms with Crippen LogP contribution in [0.1, 0.15) is 31.0 Å². The molecule has 1 atom stereocenters. The number of phenolic OH excluding ortho intramolecular Hbond substituents is 1. The molecular formula is C16H19N3O2. The Labute approximate surface area is 124 Å². The monoisotopic (exact) mass is 285 g/mol. The van der Waals surface area contributed by atoms with E-state index >= 15 is 0 Å². The highest BCUT2D eigenvalue weighted by Gasteiger charge is 2.16. The zero-order valence-corrected chi connectivity index (χ0v) is 11.8. The molecule has 1 aliphatic heterocycles. The number of ether oxygens (including phenoxy) is 1. The van der Waals surface area contributed by atoms with Gasteiger partial charge in [0.2, 0.25) is 0 Å². The van der Waals surface area contributed by atoms with Crippen LogP contribution in [0.3, 0.4) is 0 Å². The van der Waals surface area contributed by atoms with Gasteiger partial charge in [-0.1, -0.05) is 12.5 Å².